The smallest absolute Gasteiger partial charge is 0.117 e. The minimum Gasteiger partial charge on any atom is -0.468 e. The monoisotopic (exact) mass is 351 g/mol. The molecule has 3 aromatic rings. The van der Waals surface area contributed by atoms with Crippen LogP contribution in [0.5, 0.6) is 0 Å². The highest BCUT2D eigenvalue weighted by Gasteiger charge is 2.12. The molecule has 0 fully saturated rings. The minimum atomic E-state index is 0.767. The maximum atomic E-state index is 5.45. The summed E-state index contributed by atoms with van der Waals surface area (Å²) in [6.45, 7) is 2.41. The van der Waals surface area contributed by atoms with Gasteiger partial charge in [0.25, 0.3) is 0 Å². The highest BCUT2D eigenvalue weighted by Crippen LogP contribution is 2.24. The van der Waals surface area contributed by atoms with E-state index in [1.165, 1.54) is 4.88 Å². The van der Waals surface area contributed by atoms with E-state index < -0.39 is 0 Å². The quantitative estimate of drug-likeness (QED) is 0.632. The van der Waals surface area contributed by atoms with Crippen LogP contribution in [0.3, 0.4) is 0 Å². The van der Waals surface area contributed by atoms with E-state index in [0.717, 1.165) is 34.9 Å². The van der Waals surface area contributed by atoms with E-state index in [9.17, 15) is 0 Å². The second-order valence-corrected chi connectivity index (χ2v) is 7.06. The summed E-state index contributed by atoms with van der Waals surface area (Å²) in [5, 5.41) is 0. The third kappa shape index (κ3) is 3.62. The van der Waals surface area contributed by atoms with E-state index in [-0.39, 0.29) is 0 Å². The second kappa shape index (κ2) is 6.43. The van der Waals surface area contributed by atoms with Gasteiger partial charge in [0, 0.05) is 11.4 Å². The van der Waals surface area contributed by atoms with Crippen molar-refractivity contribution in [1.82, 2.24) is 4.90 Å². The number of hydrogen-bond donors (Lipinski definition) is 0. The Morgan fingerprint density at radius 1 is 0.900 bits per heavy atom. The summed E-state index contributed by atoms with van der Waals surface area (Å²) in [6.07, 6.45) is 3.42. The van der Waals surface area contributed by atoms with Crippen LogP contribution in [-0.4, -0.2) is 4.90 Å². The molecule has 0 spiro atoms. The van der Waals surface area contributed by atoms with E-state index in [1.54, 1.807) is 23.9 Å². The first kappa shape index (κ1) is 13.7. The summed E-state index contributed by atoms with van der Waals surface area (Å²) >= 11 is 5.26. The molecular formula is C15H14BrNO2S. The zero-order valence-corrected chi connectivity index (χ0v) is 13.2. The van der Waals surface area contributed by atoms with Crippen LogP contribution in [0.2, 0.25) is 0 Å². The zero-order chi connectivity index (χ0) is 13.8. The van der Waals surface area contributed by atoms with Crippen LogP contribution in [0.4, 0.5) is 0 Å². The Balaban J connectivity index is 1.72. The van der Waals surface area contributed by atoms with Crippen LogP contribution < -0.4 is 0 Å². The standard InChI is InChI=1S/C15H14BrNO2S/c16-15-6-5-14(20-15)11-17(9-12-3-1-7-18-12)10-13-4-2-8-19-13/h1-8H,9-11H2. The molecule has 0 aliphatic rings. The second-order valence-electron chi connectivity index (χ2n) is 4.51. The molecule has 0 saturated heterocycles. The van der Waals surface area contributed by atoms with Gasteiger partial charge in [-0.3, -0.25) is 4.90 Å². The Bertz CT molecular complexity index is 594. The lowest BCUT2D eigenvalue weighted by Crippen LogP contribution is -2.21. The van der Waals surface area contributed by atoms with Crippen LogP contribution in [-0.2, 0) is 19.6 Å². The SMILES string of the molecule is Brc1ccc(CN(Cc2ccco2)Cc2ccco2)s1. The summed E-state index contributed by atoms with van der Waals surface area (Å²) in [7, 11) is 0. The Labute approximate surface area is 129 Å². The van der Waals surface area contributed by atoms with Gasteiger partial charge < -0.3 is 8.83 Å². The van der Waals surface area contributed by atoms with Gasteiger partial charge in [0.1, 0.15) is 11.5 Å². The van der Waals surface area contributed by atoms with Crippen LogP contribution >= 0.6 is 27.3 Å². The van der Waals surface area contributed by atoms with E-state index >= 15 is 0 Å². The topological polar surface area (TPSA) is 29.5 Å². The van der Waals surface area contributed by atoms with Gasteiger partial charge in [0.05, 0.1) is 29.4 Å². The maximum Gasteiger partial charge on any atom is 0.117 e. The Morgan fingerprint density at radius 3 is 2.00 bits per heavy atom. The lowest BCUT2D eigenvalue weighted by Gasteiger charge is -2.19. The largest absolute Gasteiger partial charge is 0.468 e. The van der Waals surface area contributed by atoms with Crippen molar-refractivity contribution < 1.29 is 8.83 Å². The molecule has 0 radical (unpaired) electrons. The van der Waals surface area contributed by atoms with Crippen molar-refractivity contribution >= 4 is 27.3 Å². The van der Waals surface area contributed by atoms with Crippen molar-refractivity contribution in [2.24, 2.45) is 0 Å². The fourth-order valence-corrected chi connectivity index (χ4v) is 3.60. The fourth-order valence-electron chi connectivity index (χ4n) is 2.07. The van der Waals surface area contributed by atoms with Crippen LogP contribution in [0.25, 0.3) is 0 Å². The Hall–Kier alpha value is -1.30. The molecule has 3 nitrogen and oxygen atoms in total. The van der Waals surface area contributed by atoms with Crippen molar-refractivity contribution in [2.45, 2.75) is 19.6 Å². The highest BCUT2D eigenvalue weighted by molar-refractivity contribution is 9.11. The average molecular weight is 352 g/mol. The van der Waals surface area contributed by atoms with E-state index in [4.69, 9.17) is 8.83 Å². The Morgan fingerprint density at radius 2 is 1.55 bits per heavy atom. The van der Waals surface area contributed by atoms with Crippen molar-refractivity contribution in [3.8, 4) is 0 Å². The molecule has 5 heteroatoms. The first-order chi connectivity index (χ1) is 9.79. The third-order valence-electron chi connectivity index (χ3n) is 2.93. The van der Waals surface area contributed by atoms with Crippen molar-refractivity contribution in [2.75, 3.05) is 0 Å². The summed E-state index contributed by atoms with van der Waals surface area (Å²) in [5.41, 5.74) is 0. The van der Waals surface area contributed by atoms with Gasteiger partial charge in [-0.1, -0.05) is 0 Å². The predicted molar refractivity (Wildman–Crippen MR) is 82.4 cm³/mol. The van der Waals surface area contributed by atoms with Gasteiger partial charge in [0.2, 0.25) is 0 Å². The number of furan rings is 2. The number of halogens is 1. The summed E-state index contributed by atoms with van der Waals surface area (Å²) < 4.78 is 12.1. The molecule has 0 aliphatic heterocycles. The van der Waals surface area contributed by atoms with Gasteiger partial charge in [-0.15, -0.1) is 11.3 Å². The zero-order valence-electron chi connectivity index (χ0n) is 10.8. The van der Waals surface area contributed by atoms with Crippen LogP contribution in [0.15, 0.2) is 61.5 Å². The molecule has 20 heavy (non-hydrogen) atoms. The number of rotatable bonds is 6. The van der Waals surface area contributed by atoms with Gasteiger partial charge in [-0.2, -0.15) is 0 Å². The van der Waals surface area contributed by atoms with Crippen molar-refractivity contribution in [3.05, 3.63) is 69.1 Å². The summed E-state index contributed by atoms with van der Waals surface area (Å²) in [4.78, 5) is 3.62. The Kier molecular flexibility index (Phi) is 4.40. The predicted octanol–water partition coefficient (Wildman–Crippen LogP) is 4.90. The van der Waals surface area contributed by atoms with Gasteiger partial charge >= 0.3 is 0 Å². The highest BCUT2D eigenvalue weighted by atomic mass is 79.9. The normalized spacial score (nSPS) is 11.3. The molecule has 0 unspecified atom stereocenters. The maximum absolute atomic E-state index is 5.45. The molecule has 3 rings (SSSR count). The molecule has 0 aromatic carbocycles. The molecule has 0 aliphatic carbocycles. The lowest BCUT2D eigenvalue weighted by atomic mass is 10.3. The molecule has 3 heterocycles. The number of thiophene rings is 1. The van der Waals surface area contributed by atoms with E-state index in [2.05, 4.69) is 33.0 Å². The number of nitrogens with zero attached hydrogens (tertiary/aromatic N) is 1. The lowest BCUT2D eigenvalue weighted by molar-refractivity contribution is 0.211. The van der Waals surface area contributed by atoms with Crippen LogP contribution in [0.1, 0.15) is 16.4 Å². The van der Waals surface area contributed by atoms with E-state index in [1.807, 2.05) is 24.3 Å². The summed E-state index contributed by atoms with van der Waals surface area (Å²) in [6, 6.07) is 12.1. The molecule has 0 N–H and O–H groups in total. The molecule has 0 amide bonds. The van der Waals surface area contributed by atoms with Gasteiger partial charge in [-0.05, 0) is 52.3 Å². The van der Waals surface area contributed by atoms with Gasteiger partial charge in [-0.25, -0.2) is 0 Å². The van der Waals surface area contributed by atoms with E-state index in [0.29, 0.717) is 0 Å². The third-order valence-corrected chi connectivity index (χ3v) is 4.54. The average Bonchev–Trinajstić information content (AvgIpc) is 3.13. The van der Waals surface area contributed by atoms with Crippen molar-refractivity contribution in [1.29, 1.82) is 0 Å². The molecular weight excluding hydrogens is 338 g/mol. The fraction of sp³-hybridized carbons (Fsp3) is 0.200. The molecule has 3 aromatic heterocycles. The number of hydrogen-bond acceptors (Lipinski definition) is 4. The van der Waals surface area contributed by atoms with Crippen molar-refractivity contribution in [3.63, 3.8) is 0 Å². The summed E-state index contributed by atoms with van der Waals surface area (Å²) in [5.74, 6) is 1.93. The first-order valence-corrected chi connectivity index (χ1v) is 7.92. The molecule has 0 bridgehead atoms. The molecule has 0 atom stereocenters. The molecule has 104 valence electrons. The molecule has 0 saturated carbocycles. The minimum absolute atomic E-state index is 0.767. The van der Waals surface area contributed by atoms with Gasteiger partial charge in [0.15, 0.2) is 0 Å². The first-order valence-electron chi connectivity index (χ1n) is 6.31. The van der Waals surface area contributed by atoms with Crippen LogP contribution in [0, 0.1) is 0 Å².